The van der Waals surface area contributed by atoms with Crippen LogP contribution in [0.5, 0.6) is 0 Å². The van der Waals surface area contributed by atoms with E-state index in [1.165, 1.54) is 0 Å². The van der Waals surface area contributed by atoms with E-state index in [4.69, 9.17) is 28.9 Å². The van der Waals surface area contributed by atoms with E-state index in [9.17, 15) is 0 Å². The first-order valence-corrected chi connectivity index (χ1v) is 10.4. The molecule has 1 aromatic rings. The number of halogens is 2. The Hall–Kier alpha value is -1.50. The second kappa shape index (κ2) is 8.67. The highest BCUT2D eigenvalue weighted by molar-refractivity contribution is 8.15. The van der Waals surface area contributed by atoms with Gasteiger partial charge in [-0.2, -0.15) is 0 Å². The van der Waals surface area contributed by atoms with Crippen molar-refractivity contribution in [2.75, 3.05) is 24.5 Å². The maximum absolute atomic E-state index is 6.28. The fourth-order valence-corrected chi connectivity index (χ4v) is 4.82. The van der Waals surface area contributed by atoms with Crippen LogP contribution in [0.2, 0.25) is 0 Å². The molecule has 27 heavy (non-hydrogen) atoms. The summed E-state index contributed by atoms with van der Waals surface area (Å²) in [7, 11) is 0. The Kier molecular flexibility index (Phi) is 6.50. The largest absolute Gasteiger partial charge is 0.405 e. The average molecular weight is 424 g/mol. The van der Waals surface area contributed by atoms with Crippen LogP contribution >= 0.6 is 35.0 Å². The zero-order valence-electron chi connectivity index (χ0n) is 15.5. The van der Waals surface area contributed by atoms with Gasteiger partial charge in [0.2, 0.25) is 0 Å². The van der Waals surface area contributed by atoms with Gasteiger partial charge in [0.15, 0.2) is 0 Å². The van der Waals surface area contributed by atoms with Gasteiger partial charge in [-0.15, -0.1) is 0 Å². The van der Waals surface area contributed by atoms with Crippen molar-refractivity contribution >= 4 is 51.4 Å². The Labute approximate surface area is 174 Å². The molecular weight excluding hydrogens is 401 g/mol. The van der Waals surface area contributed by atoms with Gasteiger partial charge in [-0.3, -0.25) is 9.98 Å². The van der Waals surface area contributed by atoms with Crippen LogP contribution in [-0.2, 0) is 0 Å². The molecule has 1 saturated heterocycles. The van der Waals surface area contributed by atoms with E-state index in [1.807, 2.05) is 37.0 Å². The fourth-order valence-electron chi connectivity index (χ4n) is 3.28. The molecule has 144 valence electrons. The molecule has 0 amide bonds. The number of nitrogens with zero attached hydrogens (tertiary/aromatic N) is 4. The van der Waals surface area contributed by atoms with E-state index in [0.717, 1.165) is 54.6 Å². The number of hydrogen-bond donors (Lipinski definition) is 1. The molecule has 1 aromatic heterocycles. The number of thioether (sulfide) groups is 1. The summed E-state index contributed by atoms with van der Waals surface area (Å²) in [6.07, 6.45) is 11.0. The lowest BCUT2D eigenvalue weighted by atomic mass is 9.96. The van der Waals surface area contributed by atoms with E-state index in [-0.39, 0.29) is 4.75 Å². The van der Waals surface area contributed by atoms with Crippen molar-refractivity contribution in [2.24, 2.45) is 10.7 Å². The molecule has 1 spiro atoms. The van der Waals surface area contributed by atoms with Gasteiger partial charge < -0.3 is 10.6 Å². The Morgan fingerprint density at radius 1 is 1.26 bits per heavy atom. The molecule has 5 nitrogen and oxygen atoms in total. The van der Waals surface area contributed by atoms with Gasteiger partial charge in [-0.1, -0.05) is 41.0 Å². The number of aliphatic imine (C=N–C) groups is 1. The Bertz CT molecular complexity index is 802. The van der Waals surface area contributed by atoms with Gasteiger partial charge in [0.1, 0.15) is 5.82 Å². The summed E-state index contributed by atoms with van der Waals surface area (Å²) in [5, 5.41) is 2.08. The van der Waals surface area contributed by atoms with Crippen molar-refractivity contribution in [3.05, 3.63) is 46.5 Å². The predicted octanol–water partition coefficient (Wildman–Crippen LogP) is 4.55. The molecule has 0 atom stereocenters. The second-order valence-electron chi connectivity index (χ2n) is 6.60. The molecule has 0 aromatic carbocycles. The van der Waals surface area contributed by atoms with Crippen molar-refractivity contribution in [1.82, 2.24) is 9.97 Å². The van der Waals surface area contributed by atoms with Crippen molar-refractivity contribution in [2.45, 2.75) is 31.4 Å². The third kappa shape index (κ3) is 4.50. The summed E-state index contributed by atoms with van der Waals surface area (Å²) in [5.41, 5.74) is 6.99. The first kappa shape index (κ1) is 20.2. The molecule has 2 N–H and O–H groups in total. The third-order valence-electron chi connectivity index (χ3n) is 4.82. The van der Waals surface area contributed by atoms with Gasteiger partial charge in [0, 0.05) is 28.4 Å². The topological polar surface area (TPSA) is 67.4 Å². The smallest absolute Gasteiger partial charge is 0.147 e. The standard InChI is InChI=1S/C19H23Cl2N5S/c1-3-14(18(21)13(2)20)15-10-24-16(11-23-15)26-8-5-19(6-9-26)12-25-17(27-19)4-7-22/h3-4,7,10-11H,5-6,8-9,12,22H2,1-2H3/b7-4-,14-3-,18-13-. The fraction of sp³-hybridized carbons (Fsp3) is 0.421. The van der Waals surface area contributed by atoms with Crippen molar-refractivity contribution in [3.63, 3.8) is 0 Å². The maximum Gasteiger partial charge on any atom is 0.147 e. The zero-order valence-corrected chi connectivity index (χ0v) is 17.8. The summed E-state index contributed by atoms with van der Waals surface area (Å²) in [6, 6.07) is 0. The summed E-state index contributed by atoms with van der Waals surface area (Å²) in [4.78, 5) is 16.0. The molecule has 3 rings (SSSR count). The monoisotopic (exact) mass is 423 g/mol. The zero-order chi connectivity index (χ0) is 19.4. The van der Waals surface area contributed by atoms with E-state index in [2.05, 4.69) is 19.9 Å². The van der Waals surface area contributed by atoms with Gasteiger partial charge in [0.25, 0.3) is 0 Å². The van der Waals surface area contributed by atoms with E-state index >= 15 is 0 Å². The van der Waals surface area contributed by atoms with Crippen LogP contribution in [0, 0.1) is 0 Å². The van der Waals surface area contributed by atoms with Crippen molar-refractivity contribution < 1.29 is 0 Å². The molecule has 0 saturated carbocycles. The van der Waals surface area contributed by atoms with Gasteiger partial charge in [-0.05, 0) is 39.0 Å². The predicted molar refractivity (Wildman–Crippen MR) is 117 cm³/mol. The number of anilines is 1. The Morgan fingerprint density at radius 3 is 2.56 bits per heavy atom. The van der Waals surface area contributed by atoms with E-state index in [1.54, 1.807) is 19.3 Å². The van der Waals surface area contributed by atoms with Gasteiger partial charge in [-0.25, -0.2) is 4.98 Å². The highest BCUT2D eigenvalue weighted by Gasteiger charge is 2.39. The lowest BCUT2D eigenvalue weighted by Crippen LogP contribution is -2.43. The summed E-state index contributed by atoms with van der Waals surface area (Å²) < 4.78 is 0.201. The normalized spacial score (nSPS) is 21.0. The Morgan fingerprint density at radius 2 is 2.00 bits per heavy atom. The van der Waals surface area contributed by atoms with Crippen LogP contribution in [0.15, 0.2) is 45.8 Å². The number of rotatable bonds is 4. The van der Waals surface area contributed by atoms with E-state index in [0.29, 0.717) is 10.1 Å². The van der Waals surface area contributed by atoms with Crippen molar-refractivity contribution in [1.29, 1.82) is 0 Å². The number of nitrogens with two attached hydrogens (primary N) is 1. The van der Waals surface area contributed by atoms with Crippen LogP contribution in [0.1, 0.15) is 32.4 Å². The maximum atomic E-state index is 6.28. The first-order valence-electron chi connectivity index (χ1n) is 8.86. The third-order valence-corrected chi connectivity index (χ3v) is 7.04. The molecule has 0 radical (unpaired) electrons. The van der Waals surface area contributed by atoms with Crippen molar-refractivity contribution in [3.8, 4) is 0 Å². The van der Waals surface area contributed by atoms with Crippen LogP contribution in [0.4, 0.5) is 5.82 Å². The highest BCUT2D eigenvalue weighted by Crippen LogP contribution is 2.42. The molecule has 2 aliphatic rings. The minimum absolute atomic E-state index is 0.201. The minimum Gasteiger partial charge on any atom is -0.405 e. The van der Waals surface area contributed by atoms with Crippen LogP contribution in [0.3, 0.4) is 0 Å². The quantitative estimate of drug-likeness (QED) is 0.719. The molecule has 0 bridgehead atoms. The number of aromatic nitrogens is 2. The Balaban J connectivity index is 1.65. The first-order chi connectivity index (χ1) is 13.0. The highest BCUT2D eigenvalue weighted by atomic mass is 35.5. The van der Waals surface area contributed by atoms with Crippen LogP contribution in [-0.4, -0.2) is 39.4 Å². The second-order valence-corrected chi connectivity index (χ2v) is 9.03. The SMILES string of the molecule is C/C=C(\C(Cl)=C(/C)Cl)c1cnc(N2CCC3(CC2)CN=C(/C=C\N)S3)cn1. The molecule has 3 heterocycles. The van der Waals surface area contributed by atoms with E-state index < -0.39 is 0 Å². The van der Waals surface area contributed by atoms with Gasteiger partial charge in [0.05, 0.1) is 34.7 Å². The average Bonchev–Trinajstić information content (AvgIpc) is 3.06. The number of hydrogen-bond acceptors (Lipinski definition) is 6. The van der Waals surface area contributed by atoms with Crippen LogP contribution in [0.25, 0.3) is 5.57 Å². The molecule has 0 unspecified atom stereocenters. The lowest BCUT2D eigenvalue weighted by Gasteiger charge is -2.38. The van der Waals surface area contributed by atoms with Gasteiger partial charge >= 0.3 is 0 Å². The number of allylic oxidation sites excluding steroid dienone is 4. The molecule has 2 aliphatic heterocycles. The summed E-state index contributed by atoms with van der Waals surface area (Å²) in [5.74, 6) is 0.887. The van der Waals surface area contributed by atoms with Crippen LogP contribution < -0.4 is 10.6 Å². The molecule has 1 fully saturated rings. The molecular formula is C19H23Cl2N5S. The molecule has 0 aliphatic carbocycles. The lowest BCUT2D eigenvalue weighted by molar-refractivity contribution is 0.461. The summed E-state index contributed by atoms with van der Waals surface area (Å²) in [6.45, 7) is 6.41. The molecule has 8 heteroatoms. The summed E-state index contributed by atoms with van der Waals surface area (Å²) >= 11 is 14.2. The number of piperidine rings is 1. The minimum atomic E-state index is 0.201.